The van der Waals surface area contributed by atoms with Crippen molar-refractivity contribution in [3.05, 3.63) is 58.4 Å². The second-order valence-corrected chi connectivity index (χ2v) is 9.01. The first-order valence-corrected chi connectivity index (χ1v) is 11.2. The molecule has 9 heteroatoms. The Labute approximate surface area is 188 Å². The first-order valence-electron chi connectivity index (χ1n) is 9.81. The third-order valence-electron chi connectivity index (χ3n) is 4.58. The third kappa shape index (κ3) is 8.03. The van der Waals surface area contributed by atoms with Gasteiger partial charge in [-0.15, -0.1) is 11.8 Å². The molecule has 3 unspecified atom stereocenters. The smallest absolute Gasteiger partial charge is 0.255 e. The molecule has 170 valence electrons. The van der Waals surface area contributed by atoms with Crippen molar-refractivity contribution in [2.24, 2.45) is 5.92 Å². The van der Waals surface area contributed by atoms with Crippen molar-refractivity contribution >= 4 is 35.0 Å². The van der Waals surface area contributed by atoms with Gasteiger partial charge in [-0.3, -0.25) is 4.79 Å². The fraction of sp³-hybridized carbons (Fsp3) is 0.409. The molecule has 0 saturated carbocycles. The zero-order chi connectivity index (χ0) is 23.1. The summed E-state index contributed by atoms with van der Waals surface area (Å²) in [6, 6.07) is 5.98. The van der Waals surface area contributed by atoms with Crippen LogP contribution in [0.15, 0.2) is 35.2 Å². The number of benzene rings is 2. The number of hydrogen-bond donors (Lipinski definition) is 3. The van der Waals surface area contributed by atoms with E-state index in [4.69, 9.17) is 11.6 Å². The molecule has 1 amide bonds. The number of rotatable bonds is 10. The molecular formula is C22H25ClF3NO3S. The standard InChI is InChI=1S/C22H25ClF3NO3S/c1-12(28)3-4-14(7-13(2)29)11-31-20-8-15(5-6-17(20)23)22(30)27-16-9-18(24)21(26)19(25)10-16/h5-6,8-10,12-14,28-29H,3-4,7,11H2,1-2H3,(H,27,30). The van der Waals surface area contributed by atoms with E-state index in [0.29, 0.717) is 40.6 Å². The molecule has 0 aromatic heterocycles. The highest BCUT2D eigenvalue weighted by molar-refractivity contribution is 7.99. The Morgan fingerprint density at radius 1 is 1.06 bits per heavy atom. The highest BCUT2D eigenvalue weighted by Gasteiger charge is 2.17. The SMILES string of the molecule is CC(O)CCC(CSc1cc(C(=O)Nc2cc(F)c(F)c(F)c2)ccc1Cl)CC(C)O. The lowest BCUT2D eigenvalue weighted by atomic mass is 9.97. The molecule has 2 aromatic rings. The van der Waals surface area contributed by atoms with Gasteiger partial charge in [0.25, 0.3) is 5.91 Å². The summed E-state index contributed by atoms with van der Waals surface area (Å²) in [5, 5.41) is 22.0. The second-order valence-electron chi connectivity index (χ2n) is 7.54. The van der Waals surface area contributed by atoms with Gasteiger partial charge in [0.2, 0.25) is 0 Å². The summed E-state index contributed by atoms with van der Waals surface area (Å²) in [7, 11) is 0. The lowest BCUT2D eigenvalue weighted by Gasteiger charge is -2.19. The van der Waals surface area contributed by atoms with Crippen LogP contribution in [0.4, 0.5) is 18.9 Å². The molecule has 3 N–H and O–H groups in total. The Morgan fingerprint density at radius 2 is 1.71 bits per heavy atom. The maximum absolute atomic E-state index is 13.4. The van der Waals surface area contributed by atoms with Crippen LogP contribution in [0.3, 0.4) is 0 Å². The van der Waals surface area contributed by atoms with E-state index in [9.17, 15) is 28.2 Å². The fourth-order valence-electron chi connectivity index (χ4n) is 3.02. The highest BCUT2D eigenvalue weighted by atomic mass is 35.5. The summed E-state index contributed by atoms with van der Waals surface area (Å²) < 4.78 is 39.8. The van der Waals surface area contributed by atoms with Gasteiger partial charge in [0.15, 0.2) is 17.5 Å². The fourth-order valence-corrected chi connectivity index (χ4v) is 4.44. The maximum Gasteiger partial charge on any atom is 0.255 e. The van der Waals surface area contributed by atoms with Crippen molar-refractivity contribution in [2.75, 3.05) is 11.1 Å². The number of anilines is 1. The minimum atomic E-state index is -1.61. The van der Waals surface area contributed by atoms with Crippen molar-refractivity contribution in [3.63, 3.8) is 0 Å². The van der Waals surface area contributed by atoms with Crippen molar-refractivity contribution in [3.8, 4) is 0 Å². The Kier molecular flexibility index (Phi) is 9.68. The van der Waals surface area contributed by atoms with E-state index in [1.807, 2.05) is 0 Å². The van der Waals surface area contributed by atoms with Crippen molar-refractivity contribution in [2.45, 2.75) is 50.2 Å². The average Bonchev–Trinajstić information content (AvgIpc) is 2.68. The average molecular weight is 476 g/mol. The summed E-state index contributed by atoms with van der Waals surface area (Å²) in [5.74, 6) is -4.27. The monoisotopic (exact) mass is 475 g/mol. The van der Waals surface area contributed by atoms with Crippen molar-refractivity contribution < 1.29 is 28.2 Å². The van der Waals surface area contributed by atoms with E-state index in [0.717, 1.165) is 6.42 Å². The van der Waals surface area contributed by atoms with Crippen molar-refractivity contribution in [1.29, 1.82) is 0 Å². The molecule has 0 aliphatic rings. The zero-order valence-electron chi connectivity index (χ0n) is 17.2. The van der Waals surface area contributed by atoms with E-state index >= 15 is 0 Å². The van der Waals surface area contributed by atoms with Crippen LogP contribution >= 0.6 is 23.4 Å². The van der Waals surface area contributed by atoms with Gasteiger partial charge >= 0.3 is 0 Å². The van der Waals surface area contributed by atoms with Crippen LogP contribution in [-0.4, -0.2) is 34.1 Å². The quantitative estimate of drug-likeness (QED) is 0.307. The van der Waals surface area contributed by atoms with Gasteiger partial charge in [-0.2, -0.15) is 0 Å². The molecule has 0 fully saturated rings. The van der Waals surface area contributed by atoms with E-state index in [-0.39, 0.29) is 17.2 Å². The van der Waals surface area contributed by atoms with Crippen LogP contribution in [-0.2, 0) is 0 Å². The predicted molar refractivity (Wildman–Crippen MR) is 117 cm³/mol. The summed E-state index contributed by atoms with van der Waals surface area (Å²) in [6.07, 6.45) is 0.995. The number of hydrogen-bond acceptors (Lipinski definition) is 4. The minimum Gasteiger partial charge on any atom is -0.393 e. The number of thioether (sulfide) groups is 1. The molecule has 0 aliphatic heterocycles. The van der Waals surface area contributed by atoms with Gasteiger partial charge in [0.05, 0.1) is 17.2 Å². The third-order valence-corrected chi connectivity index (χ3v) is 6.31. The first kappa shape index (κ1) is 25.5. The number of nitrogens with one attached hydrogen (secondary N) is 1. The topological polar surface area (TPSA) is 69.6 Å². The van der Waals surface area contributed by atoms with Gasteiger partial charge in [-0.25, -0.2) is 13.2 Å². The maximum atomic E-state index is 13.4. The van der Waals surface area contributed by atoms with Gasteiger partial charge in [0, 0.05) is 34.0 Å². The van der Waals surface area contributed by atoms with Gasteiger partial charge in [-0.05, 0) is 57.2 Å². The molecular weight excluding hydrogens is 451 g/mol. The molecule has 0 aliphatic carbocycles. The van der Waals surface area contributed by atoms with Gasteiger partial charge in [0.1, 0.15) is 0 Å². The highest BCUT2D eigenvalue weighted by Crippen LogP contribution is 2.32. The van der Waals surface area contributed by atoms with Gasteiger partial charge < -0.3 is 15.5 Å². The number of aliphatic hydroxyl groups is 2. The summed E-state index contributed by atoms with van der Waals surface area (Å²) >= 11 is 7.67. The van der Waals surface area contributed by atoms with E-state index < -0.39 is 35.6 Å². The summed E-state index contributed by atoms with van der Waals surface area (Å²) in [6.45, 7) is 3.42. The molecule has 0 spiro atoms. The first-order chi connectivity index (χ1) is 14.6. The number of amides is 1. The van der Waals surface area contributed by atoms with Crippen LogP contribution in [0.2, 0.25) is 5.02 Å². The van der Waals surface area contributed by atoms with Gasteiger partial charge in [-0.1, -0.05) is 11.6 Å². The molecule has 31 heavy (non-hydrogen) atoms. The predicted octanol–water partition coefficient (Wildman–Crippen LogP) is 5.65. The number of carbonyl (C=O) groups is 1. The molecule has 2 aromatic carbocycles. The Balaban J connectivity index is 2.10. The Morgan fingerprint density at radius 3 is 2.29 bits per heavy atom. The summed E-state index contributed by atoms with van der Waals surface area (Å²) in [5.41, 5.74) is 0.00812. The Hall–Kier alpha value is -1.74. The van der Waals surface area contributed by atoms with E-state index in [1.54, 1.807) is 26.0 Å². The molecule has 2 rings (SSSR count). The van der Waals surface area contributed by atoms with Crippen LogP contribution in [0.25, 0.3) is 0 Å². The van der Waals surface area contributed by atoms with E-state index in [1.165, 1.54) is 17.8 Å². The number of aliphatic hydroxyl groups excluding tert-OH is 2. The lowest BCUT2D eigenvalue weighted by molar-refractivity contribution is 0.102. The van der Waals surface area contributed by atoms with E-state index in [2.05, 4.69) is 5.32 Å². The van der Waals surface area contributed by atoms with Crippen LogP contribution < -0.4 is 5.32 Å². The molecule has 0 heterocycles. The molecule has 0 saturated heterocycles. The minimum absolute atomic E-state index is 0.137. The van der Waals surface area contributed by atoms with Crippen LogP contribution in [0.5, 0.6) is 0 Å². The zero-order valence-corrected chi connectivity index (χ0v) is 18.7. The normalized spacial score (nSPS) is 14.2. The van der Waals surface area contributed by atoms with Crippen LogP contribution in [0, 0.1) is 23.4 Å². The largest absolute Gasteiger partial charge is 0.393 e. The molecule has 0 radical (unpaired) electrons. The molecule has 3 atom stereocenters. The summed E-state index contributed by atoms with van der Waals surface area (Å²) in [4.78, 5) is 13.1. The van der Waals surface area contributed by atoms with Crippen LogP contribution in [0.1, 0.15) is 43.5 Å². The number of carbonyl (C=O) groups excluding carboxylic acids is 1. The lowest BCUT2D eigenvalue weighted by Crippen LogP contribution is -2.15. The number of halogens is 4. The second kappa shape index (κ2) is 11.8. The molecule has 0 bridgehead atoms. The van der Waals surface area contributed by atoms with Crippen molar-refractivity contribution in [1.82, 2.24) is 0 Å². The molecule has 4 nitrogen and oxygen atoms in total. The Bertz CT molecular complexity index is 889.